The van der Waals surface area contributed by atoms with Crippen molar-refractivity contribution < 1.29 is 13.2 Å². The normalized spacial score (nSPS) is 11.9. The molecule has 94 valence electrons. The zero-order valence-corrected chi connectivity index (χ0v) is 9.92. The molecule has 0 radical (unpaired) electrons. The number of hydrazone groups is 1. The van der Waals surface area contributed by atoms with Crippen LogP contribution in [0.4, 0.5) is 18.9 Å². The van der Waals surface area contributed by atoms with Crippen molar-refractivity contribution >= 4 is 23.2 Å². The average Bonchev–Trinajstić information content (AvgIpc) is 2.81. The minimum atomic E-state index is -4.34. The number of hydrogen-bond donors (Lipinski definition) is 1. The van der Waals surface area contributed by atoms with Crippen LogP contribution in [0.25, 0.3) is 0 Å². The Morgan fingerprint density at radius 3 is 2.67 bits per heavy atom. The van der Waals surface area contributed by atoms with Crippen LogP contribution in [0.5, 0.6) is 0 Å². The van der Waals surface area contributed by atoms with Crippen LogP contribution in [0.15, 0.2) is 46.9 Å². The lowest BCUT2D eigenvalue weighted by atomic mass is 10.2. The molecule has 1 N–H and O–H groups in total. The van der Waals surface area contributed by atoms with E-state index in [2.05, 4.69) is 10.5 Å². The number of nitrogens with zero attached hydrogens (tertiary/aromatic N) is 1. The highest BCUT2D eigenvalue weighted by Gasteiger charge is 2.30. The summed E-state index contributed by atoms with van der Waals surface area (Å²) in [6.45, 7) is 0. The lowest BCUT2D eigenvalue weighted by molar-refractivity contribution is -0.137. The molecule has 0 fully saturated rings. The molecule has 18 heavy (non-hydrogen) atoms. The van der Waals surface area contributed by atoms with Gasteiger partial charge >= 0.3 is 6.18 Å². The Morgan fingerprint density at radius 1 is 1.17 bits per heavy atom. The minimum absolute atomic E-state index is 0.303. The molecule has 0 aliphatic heterocycles. The maximum absolute atomic E-state index is 12.4. The number of nitrogens with one attached hydrogen (secondary N) is 1. The fourth-order valence-corrected chi connectivity index (χ4v) is 1.89. The summed E-state index contributed by atoms with van der Waals surface area (Å²) in [4.78, 5) is 0.925. The van der Waals surface area contributed by atoms with Crippen LogP contribution < -0.4 is 5.43 Å². The molecule has 0 aliphatic carbocycles. The van der Waals surface area contributed by atoms with Gasteiger partial charge in [0.1, 0.15) is 0 Å². The average molecular weight is 270 g/mol. The van der Waals surface area contributed by atoms with Gasteiger partial charge in [-0.1, -0.05) is 12.1 Å². The molecule has 0 amide bonds. The SMILES string of the molecule is FC(F)(F)c1cccc(NN=Cc2cccs2)c1. The molecule has 2 rings (SSSR count). The fourth-order valence-electron chi connectivity index (χ4n) is 1.30. The van der Waals surface area contributed by atoms with E-state index in [0.29, 0.717) is 5.69 Å². The van der Waals surface area contributed by atoms with E-state index >= 15 is 0 Å². The summed E-state index contributed by atoms with van der Waals surface area (Å²) in [5.41, 5.74) is 2.18. The van der Waals surface area contributed by atoms with Crippen molar-refractivity contribution in [3.05, 3.63) is 52.2 Å². The van der Waals surface area contributed by atoms with E-state index in [1.165, 1.54) is 23.5 Å². The number of hydrogen-bond acceptors (Lipinski definition) is 3. The molecule has 2 aromatic rings. The molecule has 0 spiro atoms. The highest BCUT2D eigenvalue weighted by atomic mass is 32.1. The zero-order valence-electron chi connectivity index (χ0n) is 9.11. The van der Waals surface area contributed by atoms with Crippen LogP contribution >= 0.6 is 11.3 Å². The number of rotatable bonds is 3. The van der Waals surface area contributed by atoms with Crippen LogP contribution in [0.3, 0.4) is 0 Å². The van der Waals surface area contributed by atoms with E-state index in [9.17, 15) is 13.2 Å². The van der Waals surface area contributed by atoms with Gasteiger partial charge in [-0.25, -0.2) is 0 Å². The van der Waals surface area contributed by atoms with E-state index in [-0.39, 0.29) is 0 Å². The molecule has 0 atom stereocenters. The van der Waals surface area contributed by atoms with Gasteiger partial charge in [0.25, 0.3) is 0 Å². The summed E-state index contributed by atoms with van der Waals surface area (Å²) < 4.78 is 37.3. The molecule has 0 aliphatic rings. The van der Waals surface area contributed by atoms with Gasteiger partial charge in [-0.15, -0.1) is 11.3 Å². The Kier molecular flexibility index (Phi) is 3.66. The highest BCUT2D eigenvalue weighted by Crippen LogP contribution is 2.30. The lowest BCUT2D eigenvalue weighted by Gasteiger charge is -2.07. The van der Waals surface area contributed by atoms with Crippen LogP contribution in [-0.2, 0) is 6.18 Å². The Morgan fingerprint density at radius 2 is 2.00 bits per heavy atom. The molecular weight excluding hydrogens is 261 g/mol. The first-order valence-electron chi connectivity index (χ1n) is 5.05. The predicted octanol–water partition coefficient (Wildman–Crippen LogP) is 4.21. The maximum atomic E-state index is 12.4. The number of benzene rings is 1. The fraction of sp³-hybridized carbons (Fsp3) is 0.0833. The van der Waals surface area contributed by atoms with Crippen LogP contribution in [0.2, 0.25) is 0 Å². The smallest absolute Gasteiger partial charge is 0.278 e. The van der Waals surface area contributed by atoms with Crippen molar-refractivity contribution in [1.82, 2.24) is 0 Å². The van der Waals surface area contributed by atoms with Crippen LogP contribution in [0.1, 0.15) is 10.4 Å². The molecule has 0 saturated carbocycles. The summed E-state index contributed by atoms with van der Waals surface area (Å²) in [6, 6.07) is 8.64. The zero-order chi connectivity index (χ0) is 13.0. The van der Waals surface area contributed by atoms with Gasteiger partial charge in [0.05, 0.1) is 17.5 Å². The highest BCUT2D eigenvalue weighted by molar-refractivity contribution is 7.11. The summed E-state index contributed by atoms with van der Waals surface area (Å²) in [5, 5.41) is 5.77. The first kappa shape index (κ1) is 12.6. The first-order valence-corrected chi connectivity index (χ1v) is 5.93. The number of halogens is 3. The Balaban J connectivity index is 2.06. The summed E-state index contributed by atoms with van der Waals surface area (Å²) >= 11 is 1.50. The van der Waals surface area contributed by atoms with Crippen molar-refractivity contribution in [3.63, 3.8) is 0 Å². The third kappa shape index (κ3) is 3.33. The van der Waals surface area contributed by atoms with E-state index in [0.717, 1.165) is 17.0 Å². The molecular formula is C12H9F3N2S. The first-order chi connectivity index (χ1) is 8.55. The topological polar surface area (TPSA) is 24.4 Å². The lowest BCUT2D eigenvalue weighted by Crippen LogP contribution is -2.05. The number of anilines is 1. The van der Waals surface area contributed by atoms with Crippen LogP contribution in [-0.4, -0.2) is 6.21 Å². The van der Waals surface area contributed by atoms with Gasteiger partial charge in [-0.05, 0) is 29.6 Å². The number of thiophene rings is 1. The molecule has 1 aromatic heterocycles. The maximum Gasteiger partial charge on any atom is 0.416 e. The van der Waals surface area contributed by atoms with E-state index in [4.69, 9.17) is 0 Å². The standard InChI is InChI=1S/C12H9F3N2S/c13-12(14,15)9-3-1-4-10(7-9)17-16-8-11-5-2-6-18-11/h1-8,17H. The Bertz CT molecular complexity index is 533. The second-order valence-electron chi connectivity index (χ2n) is 3.46. The third-order valence-corrected chi connectivity index (χ3v) is 2.93. The monoisotopic (exact) mass is 270 g/mol. The van der Waals surface area contributed by atoms with Crippen molar-refractivity contribution in [2.24, 2.45) is 5.10 Å². The van der Waals surface area contributed by atoms with Crippen molar-refractivity contribution in [1.29, 1.82) is 0 Å². The number of alkyl halides is 3. The Labute approximate surface area is 106 Å². The molecule has 2 nitrogen and oxygen atoms in total. The molecule has 6 heteroatoms. The predicted molar refractivity (Wildman–Crippen MR) is 67.0 cm³/mol. The minimum Gasteiger partial charge on any atom is -0.278 e. The van der Waals surface area contributed by atoms with Gasteiger partial charge in [-0.3, -0.25) is 5.43 Å². The summed E-state index contributed by atoms with van der Waals surface area (Å²) in [5.74, 6) is 0. The van der Waals surface area contributed by atoms with Gasteiger partial charge in [0.2, 0.25) is 0 Å². The second-order valence-corrected chi connectivity index (χ2v) is 4.44. The Hall–Kier alpha value is -1.82. The quantitative estimate of drug-likeness (QED) is 0.655. The van der Waals surface area contributed by atoms with Crippen molar-refractivity contribution in [3.8, 4) is 0 Å². The summed E-state index contributed by atoms with van der Waals surface area (Å²) in [7, 11) is 0. The van der Waals surface area contributed by atoms with Gasteiger partial charge < -0.3 is 0 Å². The molecule has 1 heterocycles. The van der Waals surface area contributed by atoms with Crippen molar-refractivity contribution in [2.45, 2.75) is 6.18 Å². The third-order valence-electron chi connectivity index (χ3n) is 2.12. The summed E-state index contributed by atoms with van der Waals surface area (Å²) in [6.07, 6.45) is -2.78. The molecule has 0 saturated heterocycles. The largest absolute Gasteiger partial charge is 0.416 e. The van der Waals surface area contributed by atoms with Gasteiger partial charge in [-0.2, -0.15) is 18.3 Å². The van der Waals surface area contributed by atoms with E-state index in [1.54, 1.807) is 6.21 Å². The van der Waals surface area contributed by atoms with Crippen LogP contribution in [0, 0.1) is 0 Å². The second kappa shape index (κ2) is 5.22. The molecule has 1 aromatic carbocycles. The van der Waals surface area contributed by atoms with E-state index < -0.39 is 11.7 Å². The molecule has 0 unspecified atom stereocenters. The molecule has 0 bridgehead atoms. The van der Waals surface area contributed by atoms with Crippen molar-refractivity contribution in [2.75, 3.05) is 5.43 Å². The van der Waals surface area contributed by atoms with E-state index in [1.807, 2.05) is 17.5 Å². The van der Waals surface area contributed by atoms with Gasteiger partial charge in [0.15, 0.2) is 0 Å². The van der Waals surface area contributed by atoms with Gasteiger partial charge in [0, 0.05) is 4.88 Å².